The number of amides is 1. The van der Waals surface area contributed by atoms with Crippen molar-refractivity contribution < 1.29 is 4.79 Å². The summed E-state index contributed by atoms with van der Waals surface area (Å²) >= 11 is 0. The van der Waals surface area contributed by atoms with E-state index >= 15 is 0 Å². The quantitative estimate of drug-likeness (QED) is 0.885. The normalized spacial score (nSPS) is 20.4. The van der Waals surface area contributed by atoms with Gasteiger partial charge in [-0.3, -0.25) is 4.79 Å². The number of carbonyl (C=O) groups excluding carboxylic acids is 1. The highest BCUT2D eigenvalue weighted by atomic mass is 16.2. The van der Waals surface area contributed by atoms with Gasteiger partial charge in [-0.25, -0.2) is 0 Å². The fraction of sp³-hybridized carbons (Fsp3) is 0.562. The number of carbonyl (C=O) groups is 1. The summed E-state index contributed by atoms with van der Waals surface area (Å²) in [5, 5.41) is 0. The van der Waals surface area contributed by atoms with Crippen molar-refractivity contribution in [2.75, 3.05) is 33.2 Å². The van der Waals surface area contributed by atoms with Crippen LogP contribution in [0.2, 0.25) is 0 Å². The molecular weight excluding hydrogens is 250 g/mol. The predicted octanol–water partition coefficient (Wildman–Crippen LogP) is 1.49. The maximum Gasteiger partial charge on any atom is 0.244 e. The Hall–Kier alpha value is -1.39. The van der Waals surface area contributed by atoms with Gasteiger partial charge in [-0.15, -0.1) is 0 Å². The molecule has 0 spiro atoms. The van der Waals surface area contributed by atoms with Gasteiger partial charge in [-0.1, -0.05) is 37.3 Å². The third kappa shape index (κ3) is 3.58. The number of rotatable bonds is 5. The van der Waals surface area contributed by atoms with E-state index in [9.17, 15) is 4.79 Å². The second-order valence-electron chi connectivity index (χ2n) is 5.68. The number of likely N-dealkylation sites (tertiary alicyclic amines) is 1. The van der Waals surface area contributed by atoms with Crippen LogP contribution in [-0.2, 0) is 4.79 Å². The lowest BCUT2D eigenvalue weighted by molar-refractivity contribution is -0.131. The van der Waals surface area contributed by atoms with Crippen molar-refractivity contribution in [1.82, 2.24) is 9.80 Å². The van der Waals surface area contributed by atoms with Gasteiger partial charge in [0.05, 0.1) is 0 Å². The van der Waals surface area contributed by atoms with Gasteiger partial charge in [0.25, 0.3) is 0 Å². The van der Waals surface area contributed by atoms with Gasteiger partial charge in [0.15, 0.2) is 0 Å². The number of nitrogens with two attached hydrogens (primary N) is 1. The molecule has 20 heavy (non-hydrogen) atoms. The summed E-state index contributed by atoms with van der Waals surface area (Å²) in [5.74, 6) is 0.629. The van der Waals surface area contributed by atoms with E-state index in [4.69, 9.17) is 5.73 Å². The molecule has 0 aromatic heterocycles. The summed E-state index contributed by atoms with van der Waals surface area (Å²) in [6.45, 7) is 5.93. The van der Waals surface area contributed by atoms with E-state index in [1.54, 1.807) is 0 Å². The summed E-state index contributed by atoms with van der Waals surface area (Å²) in [4.78, 5) is 16.7. The zero-order valence-electron chi connectivity index (χ0n) is 12.5. The number of nitrogens with zero attached hydrogens (tertiary/aromatic N) is 2. The van der Waals surface area contributed by atoms with E-state index < -0.39 is 6.04 Å². The first-order valence-corrected chi connectivity index (χ1v) is 7.39. The Morgan fingerprint density at radius 2 is 2.15 bits per heavy atom. The Labute approximate surface area is 121 Å². The molecule has 0 aliphatic carbocycles. The molecule has 2 atom stereocenters. The van der Waals surface area contributed by atoms with Crippen LogP contribution in [0.5, 0.6) is 0 Å². The lowest BCUT2D eigenvalue weighted by Gasteiger charge is -2.22. The lowest BCUT2D eigenvalue weighted by Crippen LogP contribution is -2.37. The topological polar surface area (TPSA) is 49.6 Å². The molecular formula is C16H25N3O. The van der Waals surface area contributed by atoms with Crippen LogP contribution in [0, 0.1) is 5.92 Å². The zero-order chi connectivity index (χ0) is 14.5. The lowest BCUT2D eigenvalue weighted by atomic mass is 10.1. The summed E-state index contributed by atoms with van der Waals surface area (Å²) in [7, 11) is 2.13. The molecule has 2 N–H and O–H groups in total. The third-order valence-corrected chi connectivity index (χ3v) is 4.13. The van der Waals surface area contributed by atoms with Gasteiger partial charge >= 0.3 is 0 Å². The zero-order valence-corrected chi connectivity index (χ0v) is 12.5. The Morgan fingerprint density at radius 3 is 2.80 bits per heavy atom. The molecule has 1 aliphatic heterocycles. The van der Waals surface area contributed by atoms with Crippen LogP contribution in [0.25, 0.3) is 0 Å². The van der Waals surface area contributed by atoms with Crippen molar-refractivity contribution in [2.24, 2.45) is 11.7 Å². The molecule has 0 saturated carbocycles. The Kier molecular flexibility index (Phi) is 5.15. The van der Waals surface area contributed by atoms with E-state index in [0.29, 0.717) is 5.92 Å². The average molecular weight is 275 g/mol. The first-order valence-electron chi connectivity index (χ1n) is 7.39. The second kappa shape index (κ2) is 6.86. The van der Waals surface area contributed by atoms with Gasteiger partial charge < -0.3 is 15.5 Å². The van der Waals surface area contributed by atoms with E-state index in [-0.39, 0.29) is 5.91 Å². The first-order chi connectivity index (χ1) is 9.61. The molecule has 110 valence electrons. The van der Waals surface area contributed by atoms with Crippen molar-refractivity contribution in [3.8, 4) is 0 Å². The van der Waals surface area contributed by atoms with Gasteiger partial charge in [0, 0.05) is 19.6 Å². The summed E-state index contributed by atoms with van der Waals surface area (Å²) in [6.07, 6.45) is 1.08. The fourth-order valence-electron chi connectivity index (χ4n) is 2.75. The molecule has 2 unspecified atom stereocenters. The van der Waals surface area contributed by atoms with Crippen LogP contribution >= 0.6 is 0 Å². The van der Waals surface area contributed by atoms with Crippen LogP contribution in [0.1, 0.15) is 24.9 Å². The van der Waals surface area contributed by atoms with Crippen LogP contribution in [0.4, 0.5) is 0 Å². The highest BCUT2D eigenvalue weighted by Gasteiger charge is 2.30. The molecule has 1 fully saturated rings. The molecule has 0 radical (unpaired) electrons. The molecule has 1 aliphatic rings. The number of hydrogen-bond donors (Lipinski definition) is 1. The molecule has 1 aromatic rings. The van der Waals surface area contributed by atoms with Gasteiger partial charge in [0.1, 0.15) is 6.04 Å². The Morgan fingerprint density at radius 1 is 1.45 bits per heavy atom. The van der Waals surface area contributed by atoms with E-state index in [1.807, 2.05) is 35.2 Å². The first kappa shape index (κ1) is 15.0. The maximum absolute atomic E-state index is 12.4. The summed E-state index contributed by atoms with van der Waals surface area (Å²) < 4.78 is 0. The Bertz CT molecular complexity index is 435. The molecule has 4 nitrogen and oxygen atoms in total. The minimum atomic E-state index is -0.529. The highest BCUT2D eigenvalue weighted by molar-refractivity contribution is 5.83. The van der Waals surface area contributed by atoms with Crippen LogP contribution in [0.15, 0.2) is 30.3 Å². The minimum absolute atomic E-state index is 0.0536. The minimum Gasteiger partial charge on any atom is -0.341 e. The van der Waals surface area contributed by atoms with Gasteiger partial charge in [0.2, 0.25) is 5.91 Å². The third-order valence-electron chi connectivity index (χ3n) is 4.13. The average Bonchev–Trinajstić information content (AvgIpc) is 2.95. The second-order valence-corrected chi connectivity index (χ2v) is 5.68. The van der Waals surface area contributed by atoms with Gasteiger partial charge in [-0.2, -0.15) is 0 Å². The van der Waals surface area contributed by atoms with E-state index in [2.05, 4.69) is 18.9 Å². The SMILES string of the molecule is CCN(C)CC1CCN(C(=O)C(N)c2ccccc2)C1. The molecule has 2 rings (SSSR count). The van der Waals surface area contributed by atoms with Crippen molar-refractivity contribution in [2.45, 2.75) is 19.4 Å². The van der Waals surface area contributed by atoms with Crippen LogP contribution in [-0.4, -0.2) is 48.9 Å². The van der Waals surface area contributed by atoms with Crippen molar-refractivity contribution in [1.29, 1.82) is 0 Å². The summed E-state index contributed by atoms with van der Waals surface area (Å²) in [5.41, 5.74) is 6.98. The molecule has 1 saturated heterocycles. The summed E-state index contributed by atoms with van der Waals surface area (Å²) in [6, 6.07) is 9.09. The highest BCUT2D eigenvalue weighted by Crippen LogP contribution is 2.21. The van der Waals surface area contributed by atoms with E-state index in [0.717, 1.165) is 38.2 Å². The van der Waals surface area contributed by atoms with Crippen molar-refractivity contribution in [3.05, 3.63) is 35.9 Å². The molecule has 4 heteroatoms. The molecule has 1 heterocycles. The fourth-order valence-corrected chi connectivity index (χ4v) is 2.75. The smallest absolute Gasteiger partial charge is 0.244 e. The van der Waals surface area contributed by atoms with E-state index in [1.165, 1.54) is 0 Å². The van der Waals surface area contributed by atoms with Crippen molar-refractivity contribution in [3.63, 3.8) is 0 Å². The molecule has 1 amide bonds. The Balaban J connectivity index is 1.91. The largest absolute Gasteiger partial charge is 0.341 e. The maximum atomic E-state index is 12.4. The van der Waals surface area contributed by atoms with Crippen molar-refractivity contribution >= 4 is 5.91 Å². The van der Waals surface area contributed by atoms with Crippen LogP contribution in [0.3, 0.4) is 0 Å². The number of benzene rings is 1. The standard InChI is InChI=1S/C16H25N3O/c1-3-18(2)11-13-9-10-19(12-13)16(20)15(17)14-7-5-4-6-8-14/h4-8,13,15H,3,9-12,17H2,1-2H3. The predicted molar refractivity (Wildman–Crippen MR) is 81.2 cm³/mol. The number of hydrogen-bond acceptors (Lipinski definition) is 3. The molecule has 0 bridgehead atoms. The monoisotopic (exact) mass is 275 g/mol. The van der Waals surface area contributed by atoms with Gasteiger partial charge in [-0.05, 0) is 31.5 Å². The van der Waals surface area contributed by atoms with Crippen LogP contribution < -0.4 is 5.73 Å². The molecule has 1 aromatic carbocycles.